The Labute approximate surface area is 213 Å². The molecule has 7 nitrogen and oxygen atoms in total. The van der Waals surface area contributed by atoms with E-state index in [0.29, 0.717) is 34.9 Å². The largest absolute Gasteiger partial charge is 0.322 e. The van der Waals surface area contributed by atoms with Gasteiger partial charge in [-0.3, -0.25) is 9.10 Å². The molecular weight excluding hydrogens is 503 g/mol. The van der Waals surface area contributed by atoms with Gasteiger partial charge in [0.25, 0.3) is 5.91 Å². The number of halogens is 2. The molecule has 10 heteroatoms. The third-order valence-corrected chi connectivity index (χ3v) is 8.24. The van der Waals surface area contributed by atoms with Crippen LogP contribution in [0.4, 0.5) is 15.8 Å². The molecule has 5 rings (SSSR count). The Bertz CT molecular complexity index is 1580. The van der Waals surface area contributed by atoms with Gasteiger partial charge in [-0.1, -0.05) is 36.2 Å². The Morgan fingerprint density at radius 3 is 2.69 bits per heavy atom. The minimum absolute atomic E-state index is 0.0245. The van der Waals surface area contributed by atoms with E-state index >= 15 is 0 Å². The van der Waals surface area contributed by atoms with E-state index < -0.39 is 21.7 Å². The predicted octanol–water partition coefficient (Wildman–Crippen LogP) is 5.66. The smallest absolute Gasteiger partial charge is 0.258 e. The quantitative estimate of drug-likeness (QED) is 0.372. The number of nitrogens with one attached hydrogen (secondary N) is 1. The van der Waals surface area contributed by atoms with Crippen molar-refractivity contribution in [2.75, 3.05) is 21.9 Å². The minimum Gasteiger partial charge on any atom is -0.322 e. The van der Waals surface area contributed by atoms with Gasteiger partial charge in [0.1, 0.15) is 5.82 Å². The summed E-state index contributed by atoms with van der Waals surface area (Å²) >= 11 is 6.38. The third kappa shape index (κ3) is 4.89. The molecule has 0 saturated carbocycles. The molecule has 1 N–H and O–H groups in total. The standard InChI is InChI=1S/C26H22ClFN4O3S/c27-22-11-8-18(14-21(22)25-29-16-17-6-2-3-7-24(17)31-25)30-26(33)20-10-9-19(15-23(20)28)32-12-4-1-5-13-36(32,34)35/h2-3,6-11,14-16H,1,4-5,12-13H2,(H,30,33). The number of fused-ring (bicyclic) bond motifs is 1. The first-order chi connectivity index (χ1) is 17.3. The molecule has 1 amide bonds. The summed E-state index contributed by atoms with van der Waals surface area (Å²) in [5, 5.41) is 3.96. The molecule has 0 atom stereocenters. The molecule has 1 aromatic heterocycles. The minimum atomic E-state index is -3.52. The molecule has 36 heavy (non-hydrogen) atoms. The topological polar surface area (TPSA) is 92.3 Å². The van der Waals surface area contributed by atoms with Crippen LogP contribution in [0.15, 0.2) is 66.9 Å². The molecule has 1 aliphatic rings. The number of aromatic nitrogens is 2. The van der Waals surface area contributed by atoms with Crippen LogP contribution in [-0.2, 0) is 10.0 Å². The van der Waals surface area contributed by atoms with Gasteiger partial charge in [0.2, 0.25) is 10.0 Å². The molecule has 0 radical (unpaired) electrons. The number of hydrogen-bond acceptors (Lipinski definition) is 5. The number of rotatable bonds is 4. The van der Waals surface area contributed by atoms with E-state index in [1.165, 1.54) is 16.4 Å². The molecule has 1 fully saturated rings. The maximum atomic E-state index is 14.9. The molecule has 4 aromatic rings. The Morgan fingerprint density at radius 2 is 1.86 bits per heavy atom. The van der Waals surface area contributed by atoms with E-state index in [2.05, 4.69) is 15.3 Å². The Morgan fingerprint density at radius 1 is 1.03 bits per heavy atom. The highest BCUT2D eigenvalue weighted by Crippen LogP contribution is 2.30. The van der Waals surface area contributed by atoms with Crippen LogP contribution in [0.5, 0.6) is 0 Å². The van der Waals surface area contributed by atoms with Gasteiger partial charge < -0.3 is 5.32 Å². The lowest BCUT2D eigenvalue weighted by molar-refractivity contribution is 0.102. The molecule has 184 valence electrons. The number of anilines is 2. The third-order valence-electron chi connectivity index (χ3n) is 6.04. The highest BCUT2D eigenvalue weighted by molar-refractivity contribution is 7.92. The highest BCUT2D eigenvalue weighted by atomic mass is 35.5. The second kappa shape index (κ2) is 9.83. The molecule has 2 heterocycles. The Balaban J connectivity index is 1.39. The van der Waals surface area contributed by atoms with Gasteiger partial charge in [-0.15, -0.1) is 0 Å². The number of amides is 1. The summed E-state index contributed by atoms with van der Waals surface area (Å²) in [6.07, 6.45) is 3.77. The lowest BCUT2D eigenvalue weighted by Gasteiger charge is -2.22. The molecule has 0 bridgehead atoms. The fraction of sp³-hybridized carbons (Fsp3) is 0.192. The van der Waals surface area contributed by atoms with E-state index in [0.717, 1.165) is 23.4 Å². The van der Waals surface area contributed by atoms with E-state index in [9.17, 15) is 17.6 Å². The van der Waals surface area contributed by atoms with Crippen molar-refractivity contribution in [3.05, 3.63) is 83.3 Å². The monoisotopic (exact) mass is 524 g/mol. The van der Waals surface area contributed by atoms with Crippen LogP contribution in [-0.4, -0.2) is 36.6 Å². The molecular formula is C26H22ClFN4O3S. The van der Waals surface area contributed by atoms with Crippen molar-refractivity contribution >= 4 is 49.8 Å². The molecule has 3 aromatic carbocycles. The van der Waals surface area contributed by atoms with Crippen molar-refractivity contribution in [2.45, 2.75) is 19.3 Å². The maximum Gasteiger partial charge on any atom is 0.258 e. The highest BCUT2D eigenvalue weighted by Gasteiger charge is 2.26. The second-order valence-corrected chi connectivity index (χ2v) is 10.9. The first-order valence-corrected chi connectivity index (χ1v) is 13.4. The van der Waals surface area contributed by atoms with Gasteiger partial charge in [-0.05, 0) is 55.3 Å². The normalized spacial score (nSPS) is 15.4. The number of carbonyl (C=O) groups excluding carboxylic acids is 1. The molecule has 0 spiro atoms. The zero-order valence-corrected chi connectivity index (χ0v) is 20.7. The average molecular weight is 525 g/mol. The van der Waals surface area contributed by atoms with Gasteiger partial charge in [0.15, 0.2) is 5.82 Å². The van der Waals surface area contributed by atoms with Crippen LogP contribution in [0.1, 0.15) is 29.6 Å². The Hall–Kier alpha value is -3.56. The summed E-state index contributed by atoms with van der Waals surface area (Å²) in [6.45, 7) is 0.289. The lowest BCUT2D eigenvalue weighted by atomic mass is 10.1. The fourth-order valence-electron chi connectivity index (χ4n) is 4.17. The lowest BCUT2D eigenvalue weighted by Crippen LogP contribution is -2.32. The van der Waals surface area contributed by atoms with Crippen molar-refractivity contribution in [1.29, 1.82) is 0 Å². The zero-order chi connectivity index (χ0) is 25.3. The van der Waals surface area contributed by atoms with Crippen molar-refractivity contribution in [3.63, 3.8) is 0 Å². The van der Waals surface area contributed by atoms with E-state index in [4.69, 9.17) is 11.6 Å². The van der Waals surface area contributed by atoms with Crippen molar-refractivity contribution in [1.82, 2.24) is 9.97 Å². The van der Waals surface area contributed by atoms with Crippen molar-refractivity contribution < 1.29 is 17.6 Å². The van der Waals surface area contributed by atoms with Crippen molar-refractivity contribution in [2.24, 2.45) is 0 Å². The van der Waals surface area contributed by atoms with Gasteiger partial charge in [0, 0.05) is 29.4 Å². The van der Waals surface area contributed by atoms with Gasteiger partial charge >= 0.3 is 0 Å². The van der Waals surface area contributed by atoms with Gasteiger partial charge in [0.05, 0.1) is 27.5 Å². The SMILES string of the molecule is O=C(Nc1ccc(Cl)c(-c2ncc3ccccc3n2)c1)c1ccc(N2CCCCCS2(=O)=O)cc1F. The number of hydrogen-bond donors (Lipinski definition) is 1. The maximum absolute atomic E-state index is 14.9. The first-order valence-electron chi connectivity index (χ1n) is 11.4. The number of carbonyl (C=O) groups is 1. The Kier molecular flexibility index (Phi) is 6.59. The van der Waals surface area contributed by atoms with E-state index in [1.54, 1.807) is 24.4 Å². The number of sulfonamides is 1. The predicted molar refractivity (Wildman–Crippen MR) is 139 cm³/mol. The number of benzene rings is 3. The van der Waals surface area contributed by atoms with Crippen LogP contribution in [0, 0.1) is 5.82 Å². The molecule has 1 saturated heterocycles. The zero-order valence-electron chi connectivity index (χ0n) is 19.1. The van der Waals surface area contributed by atoms with E-state index in [-0.39, 0.29) is 23.5 Å². The van der Waals surface area contributed by atoms with Crippen LogP contribution >= 0.6 is 11.6 Å². The molecule has 1 aliphatic heterocycles. The second-order valence-electron chi connectivity index (χ2n) is 8.51. The first kappa shape index (κ1) is 24.1. The fourth-order valence-corrected chi connectivity index (χ4v) is 6.01. The number of nitrogens with zero attached hydrogens (tertiary/aromatic N) is 3. The van der Waals surface area contributed by atoms with E-state index in [1.807, 2.05) is 24.3 Å². The van der Waals surface area contributed by atoms with Crippen molar-refractivity contribution in [3.8, 4) is 11.4 Å². The van der Waals surface area contributed by atoms with Gasteiger partial charge in [-0.2, -0.15) is 0 Å². The number of para-hydroxylation sites is 1. The van der Waals surface area contributed by atoms with Crippen LogP contribution in [0.25, 0.3) is 22.3 Å². The van der Waals surface area contributed by atoms with Gasteiger partial charge in [-0.25, -0.2) is 22.8 Å². The summed E-state index contributed by atoms with van der Waals surface area (Å²) in [4.78, 5) is 21.8. The summed E-state index contributed by atoms with van der Waals surface area (Å²) in [6, 6.07) is 16.2. The van der Waals surface area contributed by atoms with Crippen LogP contribution in [0.3, 0.4) is 0 Å². The summed E-state index contributed by atoms with van der Waals surface area (Å²) in [7, 11) is -3.52. The molecule has 0 aliphatic carbocycles. The van der Waals surface area contributed by atoms with Crippen LogP contribution < -0.4 is 9.62 Å². The molecule has 0 unspecified atom stereocenters. The van der Waals surface area contributed by atoms with Crippen LogP contribution in [0.2, 0.25) is 5.02 Å². The summed E-state index contributed by atoms with van der Waals surface area (Å²) < 4.78 is 41.2. The summed E-state index contributed by atoms with van der Waals surface area (Å²) in [5.74, 6) is -1.07. The average Bonchev–Trinajstić information content (AvgIpc) is 3.04. The summed E-state index contributed by atoms with van der Waals surface area (Å²) in [5.41, 5.74) is 1.66.